The average molecular weight is 522 g/mol. The van der Waals surface area contributed by atoms with Crippen molar-refractivity contribution in [1.29, 1.82) is 0 Å². The van der Waals surface area contributed by atoms with Crippen LogP contribution in [0.1, 0.15) is 45.6 Å². The van der Waals surface area contributed by atoms with Gasteiger partial charge in [-0.25, -0.2) is 0 Å². The summed E-state index contributed by atoms with van der Waals surface area (Å²) in [6.45, 7) is 7.42. The SMILES string of the molecule is CCCCN1CC=C[C@]23O[C@@]4(C)C=CCN(Cc5ccccc5)C(=O)[C@H]4[C@H]2C(=O)N([C@@H](CC)CO)C3C1=O. The molecule has 5 rings (SSSR count). The van der Waals surface area contributed by atoms with Gasteiger partial charge in [-0.15, -0.1) is 0 Å². The number of nitrogens with zero attached hydrogens (tertiary/aromatic N) is 3. The number of unbranched alkanes of at least 4 members (excludes halogenated alkanes) is 1. The molecule has 0 saturated carbocycles. The van der Waals surface area contributed by atoms with E-state index in [4.69, 9.17) is 4.74 Å². The predicted octanol–water partition coefficient (Wildman–Crippen LogP) is 2.53. The summed E-state index contributed by atoms with van der Waals surface area (Å²) < 4.78 is 6.85. The minimum atomic E-state index is -1.28. The van der Waals surface area contributed by atoms with Crippen molar-refractivity contribution in [2.24, 2.45) is 11.8 Å². The Hall–Kier alpha value is -2.97. The molecule has 4 aliphatic heterocycles. The molecule has 38 heavy (non-hydrogen) atoms. The van der Waals surface area contributed by atoms with Crippen molar-refractivity contribution in [3.05, 3.63) is 60.2 Å². The van der Waals surface area contributed by atoms with Gasteiger partial charge in [0, 0.05) is 26.2 Å². The number of carbonyl (C=O) groups is 3. The number of hydrogen-bond donors (Lipinski definition) is 1. The fourth-order valence-electron chi connectivity index (χ4n) is 6.86. The highest BCUT2D eigenvalue weighted by atomic mass is 16.5. The Kier molecular flexibility index (Phi) is 7.22. The van der Waals surface area contributed by atoms with Crippen LogP contribution in [0.3, 0.4) is 0 Å². The minimum Gasteiger partial charge on any atom is -0.394 e. The van der Waals surface area contributed by atoms with Gasteiger partial charge in [-0.3, -0.25) is 14.4 Å². The summed E-state index contributed by atoms with van der Waals surface area (Å²) in [5.41, 5.74) is -1.32. The molecule has 1 aromatic carbocycles. The summed E-state index contributed by atoms with van der Waals surface area (Å²) in [4.78, 5) is 47.8. The Bertz CT molecular complexity index is 1130. The van der Waals surface area contributed by atoms with Gasteiger partial charge in [-0.1, -0.05) is 74.9 Å². The number of amides is 3. The van der Waals surface area contributed by atoms with E-state index in [-0.39, 0.29) is 24.3 Å². The molecule has 0 aromatic heterocycles. The first-order valence-corrected chi connectivity index (χ1v) is 13.9. The summed E-state index contributed by atoms with van der Waals surface area (Å²) in [6.07, 6.45) is 9.92. The van der Waals surface area contributed by atoms with Gasteiger partial charge in [-0.2, -0.15) is 0 Å². The Labute approximate surface area is 224 Å². The number of carbonyl (C=O) groups excluding carboxylic acids is 3. The molecule has 0 aliphatic carbocycles. The third kappa shape index (κ3) is 4.09. The van der Waals surface area contributed by atoms with Crippen molar-refractivity contribution in [2.45, 2.75) is 69.9 Å². The lowest BCUT2D eigenvalue weighted by Crippen LogP contribution is -2.58. The van der Waals surface area contributed by atoms with E-state index in [0.29, 0.717) is 32.6 Å². The largest absolute Gasteiger partial charge is 0.394 e. The van der Waals surface area contributed by atoms with E-state index in [2.05, 4.69) is 6.92 Å². The van der Waals surface area contributed by atoms with Crippen LogP contribution in [-0.2, 0) is 25.7 Å². The van der Waals surface area contributed by atoms with Crippen molar-refractivity contribution in [3.63, 3.8) is 0 Å². The highest BCUT2D eigenvalue weighted by Crippen LogP contribution is 2.58. The normalized spacial score (nSPS) is 33.2. The summed E-state index contributed by atoms with van der Waals surface area (Å²) in [6, 6.07) is 8.33. The van der Waals surface area contributed by atoms with Crippen molar-refractivity contribution < 1.29 is 24.2 Å². The molecule has 8 nitrogen and oxygen atoms in total. The smallest absolute Gasteiger partial charge is 0.249 e. The van der Waals surface area contributed by atoms with Crippen LogP contribution >= 0.6 is 0 Å². The molecule has 2 fully saturated rings. The van der Waals surface area contributed by atoms with Crippen LogP contribution in [0.25, 0.3) is 0 Å². The van der Waals surface area contributed by atoms with Crippen LogP contribution in [0.5, 0.6) is 0 Å². The van der Waals surface area contributed by atoms with Crippen LogP contribution in [-0.4, -0.2) is 87.1 Å². The fraction of sp³-hybridized carbons (Fsp3) is 0.567. The molecule has 6 atom stereocenters. The van der Waals surface area contributed by atoms with E-state index >= 15 is 0 Å². The quantitative estimate of drug-likeness (QED) is 0.531. The molecule has 4 aliphatic rings. The highest BCUT2D eigenvalue weighted by molar-refractivity contribution is 6.00. The molecular formula is C30H39N3O5. The number of aliphatic hydroxyl groups is 1. The van der Waals surface area contributed by atoms with Crippen LogP contribution in [0.4, 0.5) is 0 Å². The van der Waals surface area contributed by atoms with Crippen molar-refractivity contribution >= 4 is 17.7 Å². The maximum absolute atomic E-state index is 14.3. The van der Waals surface area contributed by atoms with Crippen molar-refractivity contribution in [1.82, 2.24) is 14.7 Å². The molecule has 4 heterocycles. The lowest BCUT2D eigenvalue weighted by Gasteiger charge is -2.40. The maximum atomic E-state index is 14.3. The zero-order valence-electron chi connectivity index (χ0n) is 22.6. The molecule has 0 radical (unpaired) electrons. The Balaban J connectivity index is 1.59. The van der Waals surface area contributed by atoms with Crippen LogP contribution in [0.2, 0.25) is 0 Å². The number of hydrogen-bond acceptors (Lipinski definition) is 5. The number of rotatable bonds is 8. The van der Waals surface area contributed by atoms with E-state index in [1.54, 1.807) is 14.7 Å². The number of fused-ring (bicyclic) bond motifs is 2. The highest BCUT2D eigenvalue weighted by Gasteiger charge is 2.75. The summed E-state index contributed by atoms with van der Waals surface area (Å²) in [5.74, 6) is -2.27. The van der Waals surface area contributed by atoms with Gasteiger partial charge in [0.25, 0.3) is 0 Å². The Morgan fingerprint density at radius 3 is 2.37 bits per heavy atom. The monoisotopic (exact) mass is 521 g/mol. The fourth-order valence-corrected chi connectivity index (χ4v) is 6.86. The van der Waals surface area contributed by atoms with Gasteiger partial charge >= 0.3 is 0 Å². The zero-order chi connectivity index (χ0) is 27.1. The molecule has 0 bridgehead atoms. The molecule has 2 saturated heterocycles. The van der Waals surface area contributed by atoms with E-state index in [1.165, 1.54) is 0 Å². The number of aliphatic hydroxyl groups excluding tert-OH is 1. The molecule has 3 amide bonds. The zero-order valence-corrected chi connectivity index (χ0v) is 22.6. The van der Waals surface area contributed by atoms with E-state index in [1.807, 2.05) is 68.5 Å². The number of ether oxygens (including phenoxy) is 1. The van der Waals surface area contributed by atoms with Gasteiger partial charge in [-0.05, 0) is 25.3 Å². The van der Waals surface area contributed by atoms with Crippen LogP contribution in [0, 0.1) is 11.8 Å². The predicted molar refractivity (Wildman–Crippen MR) is 143 cm³/mol. The molecular weight excluding hydrogens is 482 g/mol. The summed E-state index contributed by atoms with van der Waals surface area (Å²) in [7, 11) is 0. The first kappa shape index (κ1) is 26.6. The second-order valence-electron chi connectivity index (χ2n) is 11.1. The lowest BCUT2D eigenvalue weighted by atomic mass is 9.74. The molecule has 8 heteroatoms. The van der Waals surface area contributed by atoms with Crippen molar-refractivity contribution in [2.75, 3.05) is 26.2 Å². The molecule has 204 valence electrons. The van der Waals surface area contributed by atoms with Gasteiger partial charge in [0.1, 0.15) is 11.6 Å². The van der Waals surface area contributed by atoms with Gasteiger partial charge in [0.05, 0.1) is 30.1 Å². The number of likely N-dealkylation sites (tertiary alicyclic amines) is 1. The third-order valence-electron chi connectivity index (χ3n) is 8.73. The molecule has 1 unspecified atom stereocenters. The average Bonchev–Trinajstić information content (AvgIpc) is 3.19. The molecule has 1 N–H and O–H groups in total. The lowest BCUT2D eigenvalue weighted by molar-refractivity contribution is -0.156. The Morgan fingerprint density at radius 1 is 0.974 bits per heavy atom. The second-order valence-corrected chi connectivity index (χ2v) is 11.1. The first-order chi connectivity index (χ1) is 18.3. The maximum Gasteiger partial charge on any atom is 0.249 e. The van der Waals surface area contributed by atoms with Gasteiger partial charge < -0.3 is 24.5 Å². The minimum absolute atomic E-state index is 0.151. The Morgan fingerprint density at radius 2 is 1.68 bits per heavy atom. The molecule has 1 spiro atoms. The van der Waals surface area contributed by atoms with Gasteiger partial charge in [0.15, 0.2) is 0 Å². The van der Waals surface area contributed by atoms with Crippen LogP contribution in [0.15, 0.2) is 54.6 Å². The summed E-state index contributed by atoms with van der Waals surface area (Å²) >= 11 is 0. The van der Waals surface area contributed by atoms with Crippen LogP contribution < -0.4 is 0 Å². The van der Waals surface area contributed by atoms with E-state index in [0.717, 1.165) is 18.4 Å². The second kappa shape index (κ2) is 10.3. The molecule has 1 aromatic rings. The van der Waals surface area contributed by atoms with E-state index < -0.39 is 35.1 Å². The third-order valence-corrected chi connectivity index (χ3v) is 8.73. The summed E-state index contributed by atoms with van der Waals surface area (Å²) in [5, 5.41) is 10.2. The van der Waals surface area contributed by atoms with Crippen molar-refractivity contribution in [3.8, 4) is 0 Å². The van der Waals surface area contributed by atoms with Gasteiger partial charge in [0.2, 0.25) is 17.7 Å². The first-order valence-electron chi connectivity index (χ1n) is 13.9. The topological polar surface area (TPSA) is 90.4 Å². The standard InChI is InChI=1S/C30H39N3O5/c1-4-6-16-31-17-11-15-30-24(27(36)33(22(5-2)20-34)25(30)28(31)37)23-26(35)32(18-10-14-29(23,3)38-30)19-21-12-8-7-9-13-21/h7-15,22-25,34H,4-6,16-20H2,1-3H3/t22-,23+,24-,25?,29-,30-/m0/s1. The van der Waals surface area contributed by atoms with E-state index in [9.17, 15) is 19.5 Å². The number of benzene rings is 1.